The van der Waals surface area contributed by atoms with Gasteiger partial charge in [0.05, 0.1) is 12.1 Å². The fourth-order valence-electron chi connectivity index (χ4n) is 2.39. The molecule has 0 saturated carbocycles. The lowest BCUT2D eigenvalue weighted by Crippen LogP contribution is -2.26. The molecule has 3 nitrogen and oxygen atoms in total. The van der Waals surface area contributed by atoms with Crippen LogP contribution in [0.5, 0.6) is 0 Å². The molecule has 0 saturated heterocycles. The van der Waals surface area contributed by atoms with Crippen LogP contribution in [0.15, 0.2) is 18.2 Å². The molecule has 0 aliphatic carbocycles. The highest BCUT2D eigenvalue weighted by Gasteiger charge is 2.26. The first-order valence-electron chi connectivity index (χ1n) is 6.61. The van der Waals surface area contributed by atoms with E-state index in [4.69, 9.17) is 4.74 Å². The molecule has 0 fully saturated rings. The molecule has 1 aromatic rings. The Morgan fingerprint density at radius 3 is 2.89 bits per heavy atom. The Morgan fingerprint density at radius 2 is 2.21 bits per heavy atom. The van der Waals surface area contributed by atoms with Crippen molar-refractivity contribution in [3.05, 3.63) is 29.6 Å². The number of anilines is 1. The normalized spacial score (nSPS) is 18.4. The molecule has 0 radical (unpaired) electrons. The number of para-hydroxylation sites is 1. The summed E-state index contributed by atoms with van der Waals surface area (Å²) >= 11 is 0. The topological polar surface area (TPSA) is 38.3 Å². The van der Waals surface area contributed by atoms with Crippen molar-refractivity contribution in [2.75, 3.05) is 11.9 Å². The predicted molar refractivity (Wildman–Crippen MR) is 72.7 cm³/mol. The third kappa shape index (κ3) is 3.46. The second kappa shape index (κ2) is 5.19. The highest BCUT2D eigenvalue weighted by Crippen LogP contribution is 2.35. The van der Waals surface area contributed by atoms with Gasteiger partial charge >= 0.3 is 5.97 Å². The molecular weight excluding hydrogens is 245 g/mol. The Hall–Kier alpha value is -1.58. The second-order valence-electron chi connectivity index (χ2n) is 5.91. The smallest absolute Gasteiger partial charge is 0.306 e. The van der Waals surface area contributed by atoms with E-state index < -0.39 is 5.60 Å². The lowest BCUT2D eigenvalue weighted by Gasteiger charge is -2.27. The van der Waals surface area contributed by atoms with Crippen LogP contribution >= 0.6 is 0 Å². The minimum Gasteiger partial charge on any atom is -0.460 e. The Morgan fingerprint density at radius 1 is 1.47 bits per heavy atom. The fraction of sp³-hybridized carbons (Fsp3) is 0.533. The first kappa shape index (κ1) is 13.8. The molecule has 0 aromatic heterocycles. The quantitative estimate of drug-likeness (QED) is 0.832. The molecule has 1 aliphatic heterocycles. The van der Waals surface area contributed by atoms with Crippen molar-refractivity contribution in [2.45, 2.75) is 45.1 Å². The number of esters is 1. The minimum absolute atomic E-state index is 0.0294. The van der Waals surface area contributed by atoms with E-state index in [0.717, 1.165) is 12.0 Å². The van der Waals surface area contributed by atoms with Gasteiger partial charge in [0.1, 0.15) is 11.4 Å². The standard InChI is InChI=1S/C15H20FNO2/c1-15(2,3)19-13(18)9-10-7-8-17-14-11(10)5-4-6-12(14)16/h4-6,10,17H,7-9H2,1-3H3. The van der Waals surface area contributed by atoms with E-state index in [2.05, 4.69) is 5.32 Å². The molecule has 4 heteroatoms. The van der Waals surface area contributed by atoms with Gasteiger partial charge in [-0.15, -0.1) is 0 Å². The molecule has 1 atom stereocenters. The summed E-state index contributed by atoms with van der Waals surface area (Å²) in [5.74, 6) is -0.456. The van der Waals surface area contributed by atoms with Gasteiger partial charge in [-0.3, -0.25) is 4.79 Å². The highest BCUT2D eigenvalue weighted by atomic mass is 19.1. The van der Waals surface area contributed by atoms with Crippen LogP contribution < -0.4 is 5.32 Å². The van der Waals surface area contributed by atoms with Gasteiger partial charge in [0.2, 0.25) is 0 Å². The maximum atomic E-state index is 13.7. The van der Waals surface area contributed by atoms with Gasteiger partial charge < -0.3 is 10.1 Å². The third-order valence-corrected chi connectivity index (χ3v) is 3.11. The molecule has 1 unspecified atom stereocenters. The van der Waals surface area contributed by atoms with E-state index in [0.29, 0.717) is 18.7 Å². The molecule has 19 heavy (non-hydrogen) atoms. The average Bonchev–Trinajstić information content (AvgIpc) is 2.28. The zero-order valence-electron chi connectivity index (χ0n) is 11.6. The van der Waals surface area contributed by atoms with Gasteiger partial charge in [-0.25, -0.2) is 4.39 Å². The second-order valence-corrected chi connectivity index (χ2v) is 5.91. The van der Waals surface area contributed by atoms with E-state index in [1.54, 1.807) is 6.07 Å². The Kier molecular flexibility index (Phi) is 3.78. The molecule has 1 aliphatic rings. The number of nitrogens with one attached hydrogen (secondary N) is 1. The first-order valence-corrected chi connectivity index (χ1v) is 6.61. The van der Waals surface area contributed by atoms with Crippen LogP contribution in [0.2, 0.25) is 0 Å². The van der Waals surface area contributed by atoms with Gasteiger partial charge in [0.25, 0.3) is 0 Å². The Bertz CT molecular complexity index is 480. The number of ether oxygens (including phenoxy) is 1. The van der Waals surface area contributed by atoms with Crippen LogP contribution in [0.1, 0.15) is 45.1 Å². The zero-order valence-corrected chi connectivity index (χ0v) is 11.6. The van der Waals surface area contributed by atoms with Gasteiger partial charge in [0.15, 0.2) is 0 Å². The monoisotopic (exact) mass is 265 g/mol. The van der Waals surface area contributed by atoms with Crippen molar-refractivity contribution >= 4 is 11.7 Å². The lowest BCUT2D eigenvalue weighted by atomic mass is 9.88. The largest absolute Gasteiger partial charge is 0.460 e. The lowest BCUT2D eigenvalue weighted by molar-refractivity contribution is -0.155. The van der Waals surface area contributed by atoms with Crippen LogP contribution in [-0.4, -0.2) is 18.1 Å². The molecule has 0 spiro atoms. The number of carbonyl (C=O) groups excluding carboxylic acids is 1. The van der Waals surface area contributed by atoms with Crippen LogP contribution in [0, 0.1) is 5.82 Å². The van der Waals surface area contributed by atoms with Crippen molar-refractivity contribution in [3.63, 3.8) is 0 Å². The van der Waals surface area contributed by atoms with Crippen LogP contribution in [0.25, 0.3) is 0 Å². The summed E-state index contributed by atoms with van der Waals surface area (Å²) < 4.78 is 19.0. The van der Waals surface area contributed by atoms with Crippen molar-refractivity contribution in [1.82, 2.24) is 0 Å². The van der Waals surface area contributed by atoms with E-state index in [-0.39, 0.29) is 17.7 Å². The number of rotatable bonds is 2. The summed E-state index contributed by atoms with van der Waals surface area (Å²) in [5, 5.41) is 3.06. The number of halogens is 1. The van der Waals surface area contributed by atoms with Crippen molar-refractivity contribution in [3.8, 4) is 0 Å². The average molecular weight is 265 g/mol. The molecule has 2 rings (SSSR count). The first-order chi connectivity index (χ1) is 8.87. The molecule has 1 aromatic carbocycles. The number of benzene rings is 1. The fourth-order valence-corrected chi connectivity index (χ4v) is 2.39. The zero-order chi connectivity index (χ0) is 14.0. The van der Waals surface area contributed by atoms with Crippen molar-refractivity contribution in [2.24, 2.45) is 0 Å². The Labute approximate surface area is 113 Å². The number of carbonyl (C=O) groups is 1. The van der Waals surface area contributed by atoms with E-state index >= 15 is 0 Å². The SMILES string of the molecule is CC(C)(C)OC(=O)CC1CCNc2c(F)cccc21. The number of fused-ring (bicyclic) bond motifs is 1. The third-order valence-electron chi connectivity index (χ3n) is 3.11. The molecule has 1 N–H and O–H groups in total. The molecule has 0 amide bonds. The summed E-state index contributed by atoms with van der Waals surface area (Å²) in [5.41, 5.74) is 0.925. The maximum Gasteiger partial charge on any atom is 0.306 e. The van der Waals surface area contributed by atoms with E-state index in [9.17, 15) is 9.18 Å². The number of hydrogen-bond donors (Lipinski definition) is 1. The molecule has 104 valence electrons. The summed E-state index contributed by atoms with van der Waals surface area (Å²) in [7, 11) is 0. The predicted octanol–water partition coefficient (Wildman–Crippen LogP) is 3.46. The van der Waals surface area contributed by atoms with E-state index in [1.165, 1.54) is 6.07 Å². The summed E-state index contributed by atoms with van der Waals surface area (Å²) in [6, 6.07) is 4.99. The summed E-state index contributed by atoms with van der Waals surface area (Å²) in [6.45, 7) is 6.23. The van der Waals surface area contributed by atoms with Gasteiger partial charge in [-0.05, 0) is 44.7 Å². The minimum atomic E-state index is -0.477. The Balaban J connectivity index is 2.12. The molecule has 0 bridgehead atoms. The van der Waals surface area contributed by atoms with Crippen LogP contribution in [-0.2, 0) is 9.53 Å². The van der Waals surface area contributed by atoms with Crippen molar-refractivity contribution < 1.29 is 13.9 Å². The summed E-state index contributed by atoms with van der Waals surface area (Å²) in [6.07, 6.45) is 1.12. The van der Waals surface area contributed by atoms with E-state index in [1.807, 2.05) is 26.8 Å². The highest BCUT2D eigenvalue weighted by molar-refractivity contribution is 5.72. The van der Waals surface area contributed by atoms with Gasteiger partial charge in [-0.1, -0.05) is 12.1 Å². The van der Waals surface area contributed by atoms with Crippen LogP contribution in [0.3, 0.4) is 0 Å². The summed E-state index contributed by atoms with van der Waals surface area (Å²) in [4.78, 5) is 11.9. The molecule has 1 heterocycles. The van der Waals surface area contributed by atoms with Crippen LogP contribution in [0.4, 0.5) is 10.1 Å². The van der Waals surface area contributed by atoms with Crippen molar-refractivity contribution in [1.29, 1.82) is 0 Å². The van der Waals surface area contributed by atoms with Gasteiger partial charge in [-0.2, -0.15) is 0 Å². The molecular formula is C15H20FNO2. The number of hydrogen-bond acceptors (Lipinski definition) is 3. The maximum absolute atomic E-state index is 13.7. The van der Waals surface area contributed by atoms with Gasteiger partial charge in [0, 0.05) is 6.54 Å².